The van der Waals surface area contributed by atoms with Crippen LogP contribution in [0.5, 0.6) is 0 Å². The molecule has 1 saturated heterocycles. The lowest BCUT2D eigenvalue weighted by atomic mass is 10.1. The number of hydrogen-bond acceptors (Lipinski definition) is 6. The third-order valence-electron chi connectivity index (χ3n) is 5.48. The third kappa shape index (κ3) is 5.52. The molecule has 1 fully saturated rings. The number of sulfonamides is 1. The maximum Gasteiger partial charge on any atom is 0.411 e. The summed E-state index contributed by atoms with van der Waals surface area (Å²) in [4.78, 5) is 13.9. The van der Waals surface area contributed by atoms with E-state index in [-0.39, 0.29) is 18.0 Å². The molecule has 0 aliphatic carbocycles. The molecule has 0 saturated carbocycles. The number of carbonyl (C=O) groups is 1. The van der Waals surface area contributed by atoms with Crippen LogP contribution in [0.25, 0.3) is 10.8 Å². The van der Waals surface area contributed by atoms with Crippen molar-refractivity contribution in [3.63, 3.8) is 0 Å². The Labute approximate surface area is 214 Å². The summed E-state index contributed by atoms with van der Waals surface area (Å²) in [6, 6.07) is 17.1. The third-order valence-corrected chi connectivity index (χ3v) is 8.49. The first kappa shape index (κ1) is 24.5. The SMILES string of the molecule is N#CN1C[C@H](NS(=O)(=O)c2cc(Br)ccc2Br)C[C@@H]1COC(=O)Nc1cccc2ccccc12. The molecule has 1 aliphatic heterocycles. The van der Waals surface area contributed by atoms with Crippen molar-refractivity contribution in [3.8, 4) is 6.19 Å². The van der Waals surface area contributed by atoms with Crippen molar-refractivity contribution in [2.24, 2.45) is 0 Å². The quantitative estimate of drug-likeness (QED) is 0.389. The summed E-state index contributed by atoms with van der Waals surface area (Å²) in [5, 5.41) is 14.1. The second-order valence-electron chi connectivity index (χ2n) is 7.79. The maximum absolute atomic E-state index is 12.9. The maximum atomic E-state index is 12.9. The van der Waals surface area contributed by atoms with E-state index in [4.69, 9.17) is 4.74 Å². The number of anilines is 1. The Hall–Kier alpha value is -2.65. The minimum atomic E-state index is -3.83. The molecule has 4 rings (SSSR count). The monoisotopic (exact) mass is 606 g/mol. The number of nitrogens with zero attached hydrogens (tertiary/aromatic N) is 2. The van der Waals surface area contributed by atoms with Gasteiger partial charge >= 0.3 is 6.09 Å². The van der Waals surface area contributed by atoms with Crippen molar-refractivity contribution in [1.29, 1.82) is 5.26 Å². The van der Waals surface area contributed by atoms with Crippen molar-refractivity contribution in [2.75, 3.05) is 18.5 Å². The summed E-state index contributed by atoms with van der Waals surface area (Å²) in [5.74, 6) is 0. The van der Waals surface area contributed by atoms with Crippen molar-refractivity contribution < 1.29 is 17.9 Å². The molecule has 3 aromatic carbocycles. The van der Waals surface area contributed by atoms with E-state index in [1.54, 1.807) is 18.2 Å². The largest absolute Gasteiger partial charge is 0.447 e. The van der Waals surface area contributed by atoms with Gasteiger partial charge in [0.05, 0.1) is 16.6 Å². The number of rotatable bonds is 6. The smallest absolute Gasteiger partial charge is 0.411 e. The van der Waals surface area contributed by atoms with Gasteiger partial charge in [-0.15, -0.1) is 0 Å². The van der Waals surface area contributed by atoms with Crippen LogP contribution in [0.15, 0.2) is 74.5 Å². The van der Waals surface area contributed by atoms with E-state index >= 15 is 0 Å². The summed E-state index contributed by atoms with van der Waals surface area (Å²) in [7, 11) is -3.83. The van der Waals surface area contributed by atoms with Crippen LogP contribution in [0.4, 0.5) is 10.5 Å². The average Bonchev–Trinajstić information content (AvgIpc) is 3.20. The van der Waals surface area contributed by atoms with Gasteiger partial charge in [-0.05, 0) is 52.0 Å². The number of nitrogens with one attached hydrogen (secondary N) is 2. The van der Waals surface area contributed by atoms with Gasteiger partial charge in [0.2, 0.25) is 10.0 Å². The average molecular weight is 608 g/mol. The van der Waals surface area contributed by atoms with Gasteiger partial charge < -0.3 is 9.64 Å². The van der Waals surface area contributed by atoms with Gasteiger partial charge in [0.25, 0.3) is 0 Å². The lowest BCUT2D eigenvalue weighted by Crippen LogP contribution is -2.36. The zero-order chi connectivity index (χ0) is 24.3. The number of ether oxygens (including phenoxy) is 1. The Bertz CT molecular complexity index is 1370. The molecule has 11 heteroatoms. The van der Waals surface area contributed by atoms with E-state index in [0.29, 0.717) is 21.1 Å². The lowest BCUT2D eigenvalue weighted by molar-refractivity contribution is 0.134. The molecule has 0 spiro atoms. The van der Waals surface area contributed by atoms with Crippen molar-refractivity contribution in [2.45, 2.75) is 23.4 Å². The minimum Gasteiger partial charge on any atom is -0.447 e. The zero-order valence-electron chi connectivity index (χ0n) is 17.7. The predicted octanol–water partition coefficient (Wildman–Crippen LogP) is 4.82. The number of halogens is 2. The van der Waals surface area contributed by atoms with Crippen molar-refractivity contribution >= 4 is 64.4 Å². The summed E-state index contributed by atoms with van der Waals surface area (Å²) >= 11 is 6.55. The molecule has 176 valence electrons. The van der Waals surface area contributed by atoms with E-state index in [0.717, 1.165) is 10.8 Å². The first-order chi connectivity index (χ1) is 16.3. The van der Waals surface area contributed by atoms with Gasteiger partial charge in [-0.25, -0.2) is 17.9 Å². The van der Waals surface area contributed by atoms with Crippen molar-refractivity contribution in [3.05, 3.63) is 69.6 Å². The Morgan fingerprint density at radius 2 is 1.91 bits per heavy atom. The number of benzene rings is 3. The van der Waals surface area contributed by atoms with Crippen LogP contribution in [0.3, 0.4) is 0 Å². The molecule has 0 aromatic heterocycles. The Balaban J connectivity index is 1.38. The van der Waals surface area contributed by atoms with Gasteiger partial charge in [0, 0.05) is 26.9 Å². The number of carbonyl (C=O) groups excluding carboxylic acids is 1. The predicted molar refractivity (Wildman–Crippen MR) is 136 cm³/mol. The zero-order valence-corrected chi connectivity index (χ0v) is 21.7. The summed E-state index contributed by atoms with van der Waals surface area (Å²) in [6.07, 6.45) is 1.73. The standard InChI is InChI=1S/C23H20Br2N4O4S/c24-16-8-9-20(25)22(10-16)34(31,32)28-17-11-18(29(12-17)14-26)13-33-23(30)27-21-7-3-5-15-4-1-2-6-19(15)21/h1-10,17-18,28H,11-13H2,(H,27,30)/t17-,18-/m1/s1. The topological polar surface area (TPSA) is 112 Å². The van der Waals surface area contributed by atoms with Crippen LogP contribution in [0.2, 0.25) is 0 Å². The molecule has 2 atom stereocenters. The molecular weight excluding hydrogens is 588 g/mol. The van der Waals surface area contributed by atoms with Crippen molar-refractivity contribution in [1.82, 2.24) is 9.62 Å². The van der Waals surface area contributed by atoms with E-state index in [1.807, 2.05) is 36.4 Å². The van der Waals surface area contributed by atoms with Crippen LogP contribution in [-0.2, 0) is 14.8 Å². The number of likely N-dealkylation sites (tertiary alicyclic amines) is 1. The molecule has 1 aliphatic rings. The van der Waals surface area contributed by atoms with Crippen LogP contribution in [-0.4, -0.2) is 44.6 Å². The fourth-order valence-corrected chi connectivity index (χ4v) is 6.64. The first-order valence-corrected chi connectivity index (χ1v) is 13.4. The summed E-state index contributed by atoms with van der Waals surface area (Å²) in [6.45, 7) is 0.128. The minimum absolute atomic E-state index is 0.0526. The molecule has 1 heterocycles. The fraction of sp³-hybridized carbons (Fsp3) is 0.217. The van der Waals surface area contributed by atoms with Crippen LogP contribution >= 0.6 is 31.9 Å². The van der Waals surface area contributed by atoms with E-state index in [2.05, 4.69) is 48.1 Å². The summed E-state index contributed by atoms with van der Waals surface area (Å²) in [5.41, 5.74) is 0.622. The van der Waals surface area contributed by atoms with Gasteiger partial charge in [-0.1, -0.05) is 52.3 Å². The number of nitriles is 1. The molecule has 0 radical (unpaired) electrons. The number of fused-ring (bicyclic) bond motifs is 1. The molecule has 0 unspecified atom stereocenters. The number of hydrogen-bond donors (Lipinski definition) is 2. The highest BCUT2D eigenvalue weighted by molar-refractivity contribution is 9.11. The van der Waals surface area contributed by atoms with Crippen LogP contribution in [0.1, 0.15) is 6.42 Å². The molecule has 0 bridgehead atoms. The van der Waals surface area contributed by atoms with Gasteiger partial charge in [-0.2, -0.15) is 5.26 Å². The van der Waals surface area contributed by atoms with E-state index in [1.165, 1.54) is 11.0 Å². The van der Waals surface area contributed by atoms with Gasteiger partial charge in [0.1, 0.15) is 6.61 Å². The number of amides is 1. The highest BCUT2D eigenvalue weighted by atomic mass is 79.9. The van der Waals surface area contributed by atoms with Gasteiger partial charge in [0.15, 0.2) is 6.19 Å². The van der Waals surface area contributed by atoms with Crippen LogP contribution in [0, 0.1) is 11.5 Å². The lowest BCUT2D eigenvalue weighted by Gasteiger charge is -2.18. The molecule has 8 nitrogen and oxygen atoms in total. The molecule has 1 amide bonds. The normalized spacial score (nSPS) is 18.0. The molecule has 3 aromatic rings. The second-order valence-corrected chi connectivity index (χ2v) is 11.2. The Morgan fingerprint density at radius 3 is 2.71 bits per heavy atom. The first-order valence-electron chi connectivity index (χ1n) is 10.3. The van der Waals surface area contributed by atoms with Gasteiger partial charge in [-0.3, -0.25) is 5.32 Å². The van der Waals surface area contributed by atoms with Crippen LogP contribution < -0.4 is 10.0 Å². The molecule has 34 heavy (non-hydrogen) atoms. The Kier molecular flexibility index (Phi) is 7.42. The van der Waals surface area contributed by atoms with E-state index in [9.17, 15) is 18.5 Å². The summed E-state index contributed by atoms with van der Waals surface area (Å²) < 4.78 is 34.9. The van der Waals surface area contributed by atoms with E-state index < -0.39 is 28.2 Å². The molecular formula is C23H20Br2N4O4S. The fourth-order valence-electron chi connectivity index (χ4n) is 3.90. The Morgan fingerprint density at radius 1 is 1.15 bits per heavy atom. The second kappa shape index (κ2) is 10.3. The molecule has 2 N–H and O–H groups in total. The highest BCUT2D eigenvalue weighted by Crippen LogP contribution is 2.27. The highest BCUT2D eigenvalue weighted by Gasteiger charge is 2.35.